The Morgan fingerprint density at radius 1 is 1.06 bits per heavy atom. The van der Waals surface area contributed by atoms with Gasteiger partial charge in [0.15, 0.2) is 5.82 Å². The van der Waals surface area contributed by atoms with Crippen molar-refractivity contribution in [3.8, 4) is 28.3 Å². The number of aromatic nitrogens is 4. The molecule has 1 unspecified atom stereocenters. The summed E-state index contributed by atoms with van der Waals surface area (Å²) < 4.78 is 31.8. The lowest BCUT2D eigenvalue weighted by atomic mass is 9.95. The molecule has 32 heavy (non-hydrogen) atoms. The molecule has 1 aliphatic carbocycles. The van der Waals surface area contributed by atoms with Gasteiger partial charge < -0.3 is 9.88 Å². The number of nitrogens with zero attached hydrogens (tertiary/aromatic N) is 4. The lowest BCUT2D eigenvalue weighted by Crippen LogP contribution is -2.21. The second kappa shape index (κ2) is 7.38. The zero-order valence-corrected chi connectivity index (χ0v) is 17.7. The highest BCUT2D eigenvalue weighted by Gasteiger charge is 2.27. The van der Waals surface area contributed by atoms with Crippen LogP contribution in [-0.2, 0) is 6.54 Å². The summed E-state index contributed by atoms with van der Waals surface area (Å²) in [6, 6.07) is 12.8. The molecular weight excluding hydrogens is 408 g/mol. The van der Waals surface area contributed by atoms with Crippen molar-refractivity contribution >= 4 is 0 Å². The maximum atomic E-state index is 14.5. The minimum atomic E-state index is -0.583. The first kappa shape index (κ1) is 19.4. The fraction of sp³-hybridized carbons (Fsp3) is 0.280. The number of hydrogen-bond acceptors (Lipinski definition) is 3. The van der Waals surface area contributed by atoms with Gasteiger partial charge in [0.2, 0.25) is 0 Å². The van der Waals surface area contributed by atoms with Crippen LogP contribution in [-0.4, -0.2) is 32.4 Å². The van der Waals surface area contributed by atoms with Crippen molar-refractivity contribution in [2.45, 2.75) is 37.8 Å². The number of rotatable bonds is 3. The maximum Gasteiger partial charge on any atom is 0.179 e. The normalized spacial score (nSPS) is 19.3. The summed E-state index contributed by atoms with van der Waals surface area (Å²) in [4.78, 5) is 4.49. The van der Waals surface area contributed by atoms with Gasteiger partial charge in [-0.05, 0) is 67.6 Å². The largest absolute Gasteiger partial charge is 0.340 e. The Labute approximate surface area is 184 Å². The number of fused-ring (bicyclic) bond motifs is 5. The Hall–Kier alpha value is -3.32. The first-order valence-electron chi connectivity index (χ1n) is 11.0. The third kappa shape index (κ3) is 3.07. The van der Waals surface area contributed by atoms with Crippen molar-refractivity contribution in [2.24, 2.45) is 0 Å². The molecular formula is C25H23F2N5. The number of hydrogen-bond donors (Lipinski definition) is 1. The van der Waals surface area contributed by atoms with Gasteiger partial charge in [0, 0.05) is 36.0 Å². The van der Waals surface area contributed by atoms with Crippen LogP contribution in [0.4, 0.5) is 8.78 Å². The van der Waals surface area contributed by atoms with Crippen molar-refractivity contribution < 1.29 is 8.78 Å². The van der Waals surface area contributed by atoms with Gasteiger partial charge >= 0.3 is 0 Å². The molecule has 6 rings (SSSR count). The Bertz CT molecular complexity index is 1320. The van der Waals surface area contributed by atoms with Crippen LogP contribution in [0.1, 0.15) is 36.3 Å². The molecule has 5 nitrogen and oxygen atoms in total. The quantitative estimate of drug-likeness (QED) is 0.442. The number of halogens is 2. The topological polar surface area (TPSA) is 47.7 Å². The van der Waals surface area contributed by atoms with Gasteiger partial charge in [0.05, 0.1) is 11.4 Å². The van der Waals surface area contributed by atoms with Crippen molar-refractivity contribution in [3.63, 3.8) is 0 Å². The highest BCUT2D eigenvalue weighted by atomic mass is 19.1. The zero-order chi connectivity index (χ0) is 21.8. The summed E-state index contributed by atoms with van der Waals surface area (Å²) in [7, 11) is 2.03. The van der Waals surface area contributed by atoms with E-state index in [1.807, 2.05) is 24.0 Å². The Balaban J connectivity index is 1.44. The van der Waals surface area contributed by atoms with Crippen LogP contribution in [0.15, 0.2) is 55.0 Å². The number of nitrogens with one attached hydrogen (secondary N) is 1. The van der Waals surface area contributed by atoms with E-state index >= 15 is 0 Å². The minimum absolute atomic E-state index is 0.371. The molecule has 1 aliphatic heterocycles. The second-order valence-corrected chi connectivity index (χ2v) is 8.75. The lowest BCUT2D eigenvalue weighted by molar-refractivity contribution is 0.571. The highest BCUT2D eigenvalue weighted by molar-refractivity contribution is 5.71. The zero-order valence-electron chi connectivity index (χ0n) is 17.7. The van der Waals surface area contributed by atoms with Gasteiger partial charge in [0.1, 0.15) is 18.0 Å². The predicted molar refractivity (Wildman–Crippen MR) is 119 cm³/mol. The van der Waals surface area contributed by atoms with Gasteiger partial charge in [-0.25, -0.2) is 18.4 Å². The van der Waals surface area contributed by atoms with Gasteiger partial charge in [0.25, 0.3) is 0 Å². The summed E-state index contributed by atoms with van der Waals surface area (Å²) >= 11 is 0. The lowest BCUT2D eigenvalue weighted by Gasteiger charge is -2.15. The van der Waals surface area contributed by atoms with Gasteiger partial charge in [-0.15, -0.1) is 0 Å². The number of benzene rings is 2. The predicted octanol–water partition coefficient (Wildman–Crippen LogP) is 4.90. The van der Waals surface area contributed by atoms with E-state index < -0.39 is 11.6 Å². The van der Waals surface area contributed by atoms with Crippen molar-refractivity contribution in [1.82, 2.24) is 24.6 Å². The third-order valence-corrected chi connectivity index (χ3v) is 6.90. The molecule has 3 heterocycles. The van der Waals surface area contributed by atoms with Crippen LogP contribution in [0.2, 0.25) is 0 Å². The van der Waals surface area contributed by atoms with E-state index in [4.69, 9.17) is 0 Å². The molecule has 162 valence electrons. The Kier molecular flexibility index (Phi) is 4.47. The average molecular weight is 431 g/mol. The summed E-state index contributed by atoms with van der Waals surface area (Å²) in [5.74, 6) is 0.0986. The highest BCUT2D eigenvalue weighted by Crippen LogP contribution is 2.38. The molecule has 2 aromatic carbocycles. The first-order chi connectivity index (χ1) is 15.6. The molecule has 7 heteroatoms. The van der Waals surface area contributed by atoms with Crippen LogP contribution >= 0.6 is 0 Å². The van der Waals surface area contributed by atoms with Crippen LogP contribution in [0.5, 0.6) is 0 Å². The first-order valence-corrected chi connectivity index (χ1v) is 11.0. The van der Waals surface area contributed by atoms with Crippen LogP contribution < -0.4 is 5.32 Å². The molecule has 1 fully saturated rings. The summed E-state index contributed by atoms with van der Waals surface area (Å²) in [6.07, 6.45) is 6.98. The average Bonchev–Trinajstić information content (AvgIpc) is 3.52. The molecule has 2 aromatic heterocycles. The van der Waals surface area contributed by atoms with Crippen LogP contribution in [0.25, 0.3) is 28.3 Å². The van der Waals surface area contributed by atoms with E-state index in [0.717, 1.165) is 29.4 Å². The Morgan fingerprint density at radius 2 is 1.97 bits per heavy atom. The van der Waals surface area contributed by atoms with Gasteiger partial charge in [-0.3, -0.25) is 0 Å². The maximum absolute atomic E-state index is 14.5. The standard InChI is InChI=1S/C25H23F2N5/c1-28-20-5-2-16(9-20)15-3-7-23-18(8-15)13-31-12-17(21-6-4-19(26)11-22(21)27)10-24(31)25-29-14-30-32(23)25/h3-4,6-8,10-12,14,16,20,28H,2,5,9,13H2,1H3/t16?,20-/m0/s1. The Morgan fingerprint density at radius 3 is 2.78 bits per heavy atom. The van der Waals surface area contributed by atoms with Crippen molar-refractivity contribution in [1.29, 1.82) is 0 Å². The van der Waals surface area contributed by atoms with Crippen molar-refractivity contribution in [3.05, 3.63) is 77.8 Å². The monoisotopic (exact) mass is 431 g/mol. The van der Waals surface area contributed by atoms with E-state index in [1.165, 1.54) is 30.5 Å². The SMILES string of the molecule is CN[C@H]1CCC(c2ccc3c(c2)Cn2cc(-c4ccc(F)cc4F)cc2-c2ncnn2-3)C1. The van der Waals surface area contributed by atoms with Crippen LogP contribution in [0.3, 0.4) is 0 Å². The molecule has 1 N–H and O–H groups in total. The summed E-state index contributed by atoms with van der Waals surface area (Å²) in [5.41, 5.74) is 5.44. The smallest absolute Gasteiger partial charge is 0.179 e. The van der Waals surface area contributed by atoms with E-state index in [2.05, 4.69) is 38.2 Å². The molecule has 0 amide bonds. The van der Waals surface area contributed by atoms with E-state index in [1.54, 1.807) is 6.33 Å². The van der Waals surface area contributed by atoms with E-state index in [9.17, 15) is 8.78 Å². The van der Waals surface area contributed by atoms with E-state index in [-0.39, 0.29) is 0 Å². The molecule has 0 radical (unpaired) electrons. The molecule has 2 aliphatic rings. The fourth-order valence-electron chi connectivity index (χ4n) is 5.21. The molecule has 4 aromatic rings. The summed E-state index contributed by atoms with van der Waals surface area (Å²) in [6.45, 7) is 0.633. The summed E-state index contributed by atoms with van der Waals surface area (Å²) in [5, 5.41) is 7.88. The van der Waals surface area contributed by atoms with Crippen LogP contribution in [0, 0.1) is 11.6 Å². The minimum Gasteiger partial charge on any atom is -0.340 e. The van der Waals surface area contributed by atoms with Crippen molar-refractivity contribution in [2.75, 3.05) is 7.05 Å². The van der Waals surface area contributed by atoms with Gasteiger partial charge in [-0.1, -0.05) is 12.1 Å². The third-order valence-electron chi connectivity index (χ3n) is 6.90. The molecule has 0 bridgehead atoms. The molecule has 1 saturated carbocycles. The molecule has 2 atom stereocenters. The fourth-order valence-corrected chi connectivity index (χ4v) is 5.21. The van der Waals surface area contributed by atoms with E-state index in [0.29, 0.717) is 35.5 Å². The van der Waals surface area contributed by atoms with Gasteiger partial charge in [-0.2, -0.15) is 5.10 Å². The second-order valence-electron chi connectivity index (χ2n) is 8.75. The molecule has 0 saturated heterocycles. The molecule has 0 spiro atoms.